The zero-order chi connectivity index (χ0) is 13.7. The molecule has 6 heteroatoms. The molecule has 0 bridgehead atoms. The number of hydrogen-bond donors (Lipinski definition) is 3. The highest BCUT2D eigenvalue weighted by atomic mass is 32.2. The van der Waals surface area contributed by atoms with Crippen molar-refractivity contribution in [2.75, 3.05) is 36.2 Å². The van der Waals surface area contributed by atoms with Gasteiger partial charge in [0.1, 0.15) is 11.6 Å². The van der Waals surface area contributed by atoms with Crippen molar-refractivity contribution in [1.82, 2.24) is 9.97 Å². The van der Waals surface area contributed by atoms with E-state index in [9.17, 15) is 0 Å². The summed E-state index contributed by atoms with van der Waals surface area (Å²) in [6, 6.07) is 1.90. The number of rotatable bonds is 5. The van der Waals surface area contributed by atoms with Gasteiger partial charge in [-0.25, -0.2) is 0 Å². The highest BCUT2D eigenvalue weighted by molar-refractivity contribution is 8.00. The molecular weight excluding hydrogens is 258 g/mol. The summed E-state index contributed by atoms with van der Waals surface area (Å²) in [5.74, 6) is 1.85. The molecule has 1 saturated carbocycles. The van der Waals surface area contributed by atoms with Crippen LogP contribution in [0, 0.1) is 0 Å². The molecule has 19 heavy (non-hydrogen) atoms. The lowest BCUT2D eigenvalue weighted by Crippen LogP contribution is -2.35. The third-order valence-corrected chi connectivity index (χ3v) is 5.21. The summed E-state index contributed by atoms with van der Waals surface area (Å²) in [5.41, 5.74) is 5.70. The van der Waals surface area contributed by atoms with Gasteiger partial charge < -0.3 is 16.4 Å². The van der Waals surface area contributed by atoms with Crippen molar-refractivity contribution in [2.45, 2.75) is 36.9 Å². The molecule has 0 spiro atoms. The fourth-order valence-electron chi connectivity index (χ4n) is 2.59. The first-order valence-corrected chi connectivity index (χ1v) is 8.01. The molecule has 1 fully saturated rings. The lowest BCUT2D eigenvalue weighted by Gasteiger charge is -2.36. The first-order chi connectivity index (χ1) is 9.17. The van der Waals surface area contributed by atoms with E-state index < -0.39 is 0 Å². The van der Waals surface area contributed by atoms with E-state index in [2.05, 4.69) is 26.9 Å². The van der Waals surface area contributed by atoms with Gasteiger partial charge in [-0.2, -0.15) is 21.7 Å². The van der Waals surface area contributed by atoms with Crippen molar-refractivity contribution >= 4 is 29.3 Å². The lowest BCUT2D eigenvalue weighted by atomic mass is 9.88. The normalized spacial score (nSPS) is 18.0. The molecule has 106 valence electrons. The quantitative estimate of drug-likeness (QED) is 0.770. The van der Waals surface area contributed by atoms with E-state index in [1.54, 1.807) is 0 Å². The van der Waals surface area contributed by atoms with Crippen molar-refractivity contribution in [2.24, 2.45) is 0 Å². The molecule has 1 aliphatic carbocycles. The monoisotopic (exact) mass is 281 g/mol. The van der Waals surface area contributed by atoms with Crippen LogP contribution in [0.4, 0.5) is 17.6 Å². The zero-order valence-electron chi connectivity index (χ0n) is 11.7. The van der Waals surface area contributed by atoms with E-state index in [1.807, 2.05) is 24.9 Å². The summed E-state index contributed by atoms with van der Waals surface area (Å²) in [7, 11) is 1.83. The van der Waals surface area contributed by atoms with Crippen molar-refractivity contribution in [3.63, 3.8) is 0 Å². The zero-order valence-corrected chi connectivity index (χ0v) is 12.5. The van der Waals surface area contributed by atoms with E-state index >= 15 is 0 Å². The van der Waals surface area contributed by atoms with Crippen molar-refractivity contribution in [3.8, 4) is 0 Å². The van der Waals surface area contributed by atoms with Crippen molar-refractivity contribution in [1.29, 1.82) is 0 Å². The maximum Gasteiger partial charge on any atom is 0.223 e. The number of aromatic nitrogens is 2. The second kappa shape index (κ2) is 6.32. The van der Waals surface area contributed by atoms with Crippen LogP contribution in [-0.2, 0) is 0 Å². The molecule has 2 rings (SSSR count). The Labute approximate surface area is 119 Å². The number of nitrogens with two attached hydrogens (primary N) is 1. The van der Waals surface area contributed by atoms with Crippen molar-refractivity contribution < 1.29 is 0 Å². The average molecular weight is 281 g/mol. The fourth-order valence-corrected chi connectivity index (χ4v) is 3.50. The van der Waals surface area contributed by atoms with Gasteiger partial charge >= 0.3 is 0 Å². The standard InChI is InChI=1S/C13H23N5S/c1-15-10-8-11(18-12(14)17-10)16-9-13(19-2)6-4-3-5-7-13/h8H,3-7,9H2,1-2H3,(H4,14,15,16,17,18). The topological polar surface area (TPSA) is 75.9 Å². The van der Waals surface area contributed by atoms with E-state index in [1.165, 1.54) is 32.1 Å². The van der Waals surface area contributed by atoms with E-state index in [0.717, 1.165) is 18.2 Å². The highest BCUT2D eigenvalue weighted by Crippen LogP contribution is 2.38. The molecule has 0 saturated heterocycles. The van der Waals surface area contributed by atoms with Crippen LogP contribution in [0.25, 0.3) is 0 Å². The Kier molecular flexibility index (Phi) is 4.74. The van der Waals surface area contributed by atoms with E-state index in [0.29, 0.717) is 10.7 Å². The van der Waals surface area contributed by atoms with Gasteiger partial charge in [0.05, 0.1) is 0 Å². The number of nitrogen functional groups attached to an aromatic ring is 1. The number of hydrogen-bond acceptors (Lipinski definition) is 6. The summed E-state index contributed by atoms with van der Waals surface area (Å²) in [6.07, 6.45) is 8.79. The first-order valence-electron chi connectivity index (χ1n) is 6.79. The summed E-state index contributed by atoms with van der Waals surface area (Å²) < 4.78 is 0.345. The number of nitrogens with one attached hydrogen (secondary N) is 2. The number of nitrogens with zero attached hydrogens (tertiary/aromatic N) is 2. The van der Waals surface area contributed by atoms with Crippen LogP contribution in [0.2, 0.25) is 0 Å². The second-order valence-corrected chi connectivity index (χ2v) is 6.32. The highest BCUT2D eigenvalue weighted by Gasteiger charge is 2.30. The Morgan fingerprint density at radius 3 is 2.58 bits per heavy atom. The maximum absolute atomic E-state index is 5.70. The van der Waals surface area contributed by atoms with Gasteiger partial charge in [0.25, 0.3) is 0 Å². The van der Waals surface area contributed by atoms with Gasteiger partial charge in [-0.05, 0) is 19.1 Å². The molecule has 1 aromatic heterocycles. The van der Waals surface area contributed by atoms with Gasteiger partial charge in [-0.15, -0.1) is 0 Å². The smallest absolute Gasteiger partial charge is 0.223 e. The molecule has 1 aromatic rings. The van der Waals surface area contributed by atoms with E-state index in [4.69, 9.17) is 5.73 Å². The molecule has 1 heterocycles. The van der Waals surface area contributed by atoms with Crippen molar-refractivity contribution in [3.05, 3.63) is 6.07 Å². The van der Waals surface area contributed by atoms with Gasteiger partial charge in [0.15, 0.2) is 0 Å². The maximum atomic E-state index is 5.70. The average Bonchev–Trinajstić information content (AvgIpc) is 2.45. The number of anilines is 3. The lowest BCUT2D eigenvalue weighted by molar-refractivity contribution is 0.411. The molecule has 0 amide bonds. The second-order valence-electron chi connectivity index (χ2n) is 5.05. The third kappa shape index (κ3) is 3.65. The number of thioether (sulfide) groups is 1. The fraction of sp³-hybridized carbons (Fsp3) is 0.692. The predicted octanol–water partition coefficient (Wildman–Crippen LogP) is 2.58. The minimum atomic E-state index is 0.302. The largest absolute Gasteiger partial charge is 0.373 e. The molecule has 1 aliphatic rings. The summed E-state index contributed by atoms with van der Waals surface area (Å²) in [4.78, 5) is 8.33. The van der Waals surface area contributed by atoms with Crippen LogP contribution in [0.5, 0.6) is 0 Å². The van der Waals surface area contributed by atoms with Crippen LogP contribution < -0.4 is 16.4 Å². The molecule has 0 atom stereocenters. The molecule has 5 nitrogen and oxygen atoms in total. The SMILES string of the molecule is CNc1cc(NCC2(SC)CCCCC2)nc(N)n1. The molecular formula is C13H23N5S. The van der Waals surface area contributed by atoms with Gasteiger partial charge in [-0.3, -0.25) is 0 Å². The molecule has 0 radical (unpaired) electrons. The Bertz CT molecular complexity index is 417. The molecule has 4 N–H and O–H groups in total. The Hall–Kier alpha value is -1.17. The minimum Gasteiger partial charge on any atom is -0.373 e. The Morgan fingerprint density at radius 1 is 1.26 bits per heavy atom. The van der Waals surface area contributed by atoms with Gasteiger partial charge in [0.2, 0.25) is 5.95 Å². The molecule has 0 unspecified atom stereocenters. The summed E-state index contributed by atoms with van der Waals surface area (Å²) in [5, 5.41) is 6.42. The van der Waals surface area contributed by atoms with Crippen LogP contribution in [0.15, 0.2) is 6.07 Å². The van der Waals surface area contributed by atoms with Crippen LogP contribution in [0.3, 0.4) is 0 Å². The Balaban J connectivity index is 2.02. The Morgan fingerprint density at radius 2 is 1.95 bits per heavy atom. The van der Waals surface area contributed by atoms with Crippen LogP contribution in [0.1, 0.15) is 32.1 Å². The van der Waals surface area contributed by atoms with Gasteiger partial charge in [0, 0.05) is 24.4 Å². The predicted molar refractivity (Wildman–Crippen MR) is 83.8 cm³/mol. The van der Waals surface area contributed by atoms with E-state index in [-0.39, 0.29) is 0 Å². The third-order valence-electron chi connectivity index (χ3n) is 3.79. The minimum absolute atomic E-state index is 0.302. The molecule has 0 aromatic carbocycles. The summed E-state index contributed by atoms with van der Waals surface area (Å²) >= 11 is 1.97. The molecule has 0 aliphatic heterocycles. The summed E-state index contributed by atoms with van der Waals surface area (Å²) in [6.45, 7) is 0.938. The van der Waals surface area contributed by atoms with Crippen LogP contribution in [-0.4, -0.2) is 34.6 Å². The van der Waals surface area contributed by atoms with Gasteiger partial charge in [-0.1, -0.05) is 19.3 Å². The van der Waals surface area contributed by atoms with Crippen LogP contribution >= 0.6 is 11.8 Å². The first kappa shape index (κ1) is 14.2.